The molecule has 0 N–H and O–H groups in total. The van der Waals surface area contributed by atoms with Crippen LogP contribution < -0.4 is 0 Å². The molecule has 0 aliphatic heterocycles. The fourth-order valence-corrected chi connectivity index (χ4v) is 1.01. The van der Waals surface area contributed by atoms with Gasteiger partial charge in [0.1, 0.15) is 0 Å². The zero-order valence-corrected chi connectivity index (χ0v) is 9.65. The zero-order chi connectivity index (χ0) is 11.6. The lowest BCUT2D eigenvalue weighted by Gasteiger charge is -2.23. The molecule has 5 heteroatoms. The van der Waals surface area contributed by atoms with E-state index in [1.54, 1.807) is 0 Å². The van der Waals surface area contributed by atoms with Crippen LogP contribution in [0.15, 0.2) is 0 Å². The summed E-state index contributed by atoms with van der Waals surface area (Å²) >= 11 is 0. The second-order valence-corrected chi connectivity index (χ2v) is 4.30. The Morgan fingerprint density at radius 2 is 1.50 bits per heavy atom. The first-order valence-electron chi connectivity index (χ1n) is 4.91. The molecular formula is C9H22N2O3. The summed E-state index contributed by atoms with van der Waals surface area (Å²) in [5.74, 6) is 0. The van der Waals surface area contributed by atoms with Crippen molar-refractivity contribution in [2.24, 2.45) is 0 Å². The Labute approximate surface area is 86.0 Å². The van der Waals surface area contributed by atoms with Crippen molar-refractivity contribution in [1.82, 2.24) is 0 Å². The molecule has 0 aliphatic rings. The number of rotatable bonds is 5. The highest BCUT2D eigenvalue weighted by atomic mass is 16.9. The standard InChI is InChI=1S/C9H22N.NO3/c1-5-6-7-8-9-10(2,3)4;2-1(3)4/h5-9H2,1-4H3;/q+1;-1. The van der Waals surface area contributed by atoms with E-state index < -0.39 is 5.09 Å². The fourth-order valence-electron chi connectivity index (χ4n) is 1.01. The average molecular weight is 206 g/mol. The highest BCUT2D eigenvalue weighted by Gasteiger charge is 2.04. The fraction of sp³-hybridized carbons (Fsp3) is 1.00. The van der Waals surface area contributed by atoms with Gasteiger partial charge in [-0.1, -0.05) is 19.8 Å². The van der Waals surface area contributed by atoms with Crippen molar-refractivity contribution in [1.29, 1.82) is 0 Å². The van der Waals surface area contributed by atoms with E-state index in [-0.39, 0.29) is 0 Å². The third kappa shape index (κ3) is 30.4. The minimum Gasteiger partial charge on any atom is -0.356 e. The summed E-state index contributed by atoms with van der Waals surface area (Å²) < 4.78 is 1.11. The first kappa shape index (κ1) is 15.6. The molecule has 0 spiro atoms. The summed E-state index contributed by atoms with van der Waals surface area (Å²) in [7, 11) is 6.77. The lowest BCUT2D eigenvalue weighted by Crippen LogP contribution is -2.35. The number of unbranched alkanes of at least 4 members (excludes halogenated alkanes) is 3. The normalized spacial score (nSPS) is 10.3. The molecule has 0 amide bonds. The van der Waals surface area contributed by atoms with Gasteiger partial charge in [-0.15, -0.1) is 0 Å². The van der Waals surface area contributed by atoms with Crippen LogP contribution in [0, 0.1) is 15.3 Å². The maximum absolute atomic E-state index is 8.25. The SMILES string of the molecule is CCCCCC[N+](C)(C)C.O=[N+]([O-])[O-]. The summed E-state index contributed by atoms with van der Waals surface area (Å²) in [6.45, 7) is 3.58. The molecule has 0 saturated heterocycles. The van der Waals surface area contributed by atoms with Gasteiger partial charge in [0.2, 0.25) is 0 Å². The van der Waals surface area contributed by atoms with Crippen LogP contribution in [0.3, 0.4) is 0 Å². The molecule has 0 atom stereocenters. The summed E-state index contributed by atoms with van der Waals surface area (Å²) in [5.41, 5.74) is 0. The zero-order valence-electron chi connectivity index (χ0n) is 9.65. The molecule has 0 rings (SSSR count). The minimum atomic E-state index is -1.75. The second-order valence-electron chi connectivity index (χ2n) is 4.30. The van der Waals surface area contributed by atoms with Gasteiger partial charge in [0.05, 0.1) is 32.8 Å². The van der Waals surface area contributed by atoms with Gasteiger partial charge in [-0.2, -0.15) is 0 Å². The molecule has 0 unspecified atom stereocenters. The van der Waals surface area contributed by atoms with Crippen LogP contribution in [0.4, 0.5) is 0 Å². The topological polar surface area (TPSA) is 66.2 Å². The van der Waals surface area contributed by atoms with Crippen LogP contribution in [0.5, 0.6) is 0 Å². The highest BCUT2D eigenvalue weighted by Crippen LogP contribution is 2.01. The Hall–Kier alpha value is -0.840. The summed E-state index contributed by atoms with van der Waals surface area (Å²) in [6, 6.07) is 0. The Balaban J connectivity index is 0. The van der Waals surface area contributed by atoms with Crippen LogP contribution in [-0.2, 0) is 0 Å². The number of quaternary nitrogens is 1. The number of nitrogens with zero attached hydrogens (tertiary/aromatic N) is 2. The van der Waals surface area contributed by atoms with E-state index >= 15 is 0 Å². The van der Waals surface area contributed by atoms with Crippen molar-refractivity contribution in [3.8, 4) is 0 Å². The van der Waals surface area contributed by atoms with Crippen molar-refractivity contribution in [2.45, 2.75) is 32.6 Å². The lowest BCUT2D eigenvalue weighted by atomic mass is 10.2. The third-order valence-electron chi connectivity index (χ3n) is 1.68. The molecule has 0 radical (unpaired) electrons. The van der Waals surface area contributed by atoms with E-state index in [1.807, 2.05) is 0 Å². The van der Waals surface area contributed by atoms with Crippen LogP contribution in [0.1, 0.15) is 32.6 Å². The molecule has 0 bridgehead atoms. The van der Waals surface area contributed by atoms with Gasteiger partial charge in [0.25, 0.3) is 0 Å². The summed E-state index contributed by atoms with van der Waals surface area (Å²) in [6.07, 6.45) is 5.54. The van der Waals surface area contributed by atoms with Gasteiger partial charge < -0.3 is 19.8 Å². The van der Waals surface area contributed by atoms with Crippen LogP contribution >= 0.6 is 0 Å². The number of hydrogen-bond donors (Lipinski definition) is 0. The molecule has 0 aromatic heterocycles. The van der Waals surface area contributed by atoms with Crippen molar-refractivity contribution in [2.75, 3.05) is 27.7 Å². The molecular weight excluding hydrogens is 184 g/mol. The molecule has 0 saturated carbocycles. The van der Waals surface area contributed by atoms with Gasteiger partial charge in [0.15, 0.2) is 0 Å². The Morgan fingerprint density at radius 1 is 1.07 bits per heavy atom. The molecule has 0 fully saturated rings. The first-order chi connectivity index (χ1) is 6.29. The van der Waals surface area contributed by atoms with E-state index in [2.05, 4.69) is 28.1 Å². The van der Waals surface area contributed by atoms with E-state index in [4.69, 9.17) is 15.3 Å². The predicted octanol–water partition coefficient (Wildman–Crippen LogP) is 2.03. The number of hydrogen-bond acceptors (Lipinski definition) is 3. The molecule has 0 aliphatic carbocycles. The van der Waals surface area contributed by atoms with Crippen molar-refractivity contribution >= 4 is 0 Å². The first-order valence-corrected chi connectivity index (χ1v) is 4.91. The Bertz CT molecular complexity index is 139. The highest BCUT2D eigenvalue weighted by molar-refractivity contribution is 4.38. The van der Waals surface area contributed by atoms with Crippen LogP contribution in [0.25, 0.3) is 0 Å². The van der Waals surface area contributed by atoms with Gasteiger partial charge >= 0.3 is 0 Å². The van der Waals surface area contributed by atoms with Crippen molar-refractivity contribution in [3.63, 3.8) is 0 Å². The minimum absolute atomic E-state index is 1.11. The average Bonchev–Trinajstić information content (AvgIpc) is 1.95. The van der Waals surface area contributed by atoms with E-state index in [0.717, 1.165) is 4.48 Å². The van der Waals surface area contributed by atoms with Crippen molar-refractivity contribution < 1.29 is 9.57 Å². The Kier molecular flexibility index (Phi) is 9.76. The monoisotopic (exact) mass is 206 g/mol. The summed E-state index contributed by atoms with van der Waals surface area (Å²) in [5, 5.41) is 14.8. The lowest BCUT2D eigenvalue weighted by molar-refractivity contribution is -0.870. The van der Waals surface area contributed by atoms with Crippen molar-refractivity contribution in [3.05, 3.63) is 15.3 Å². The smallest absolute Gasteiger partial charge is 0.0780 e. The molecule has 5 nitrogen and oxygen atoms in total. The second kappa shape index (κ2) is 8.74. The molecule has 14 heavy (non-hydrogen) atoms. The predicted molar refractivity (Wildman–Crippen MR) is 57.4 cm³/mol. The molecule has 0 aromatic carbocycles. The van der Waals surface area contributed by atoms with Gasteiger partial charge in [-0.3, -0.25) is 0 Å². The third-order valence-corrected chi connectivity index (χ3v) is 1.68. The molecule has 0 heterocycles. The van der Waals surface area contributed by atoms with E-state index in [9.17, 15) is 0 Å². The Morgan fingerprint density at radius 3 is 1.79 bits per heavy atom. The van der Waals surface area contributed by atoms with E-state index in [0.29, 0.717) is 0 Å². The largest absolute Gasteiger partial charge is 0.356 e. The maximum Gasteiger partial charge on any atom is 0.0780 e. The maximum atomic E-state index is 8.25. The van der Waals surface area contributed by atoms with Gasteiger partial charge in [-0.25, -0.2) is 0 Å². The molecule has 86 valence electrons. The van der Waals surface area contributed by atoms with Crippen LogP contribution in [-0.4, -0.2) is 37.3 Å². The van der Waals surface area contributed by atoms with Crippen LogP contribution in [0.2, 0.25) is 0 Å². The quantitative estimate of drug-likeness (QED) is 0.299. The van der Waals surface area contributed by atoms with Gasteiger partial charge in [-0.05, 0) is 12.8 Å². The van der Waals surface area contributed by atoms with Gasteiger partial charge in [0, 0.05) is 0 Å². The van der Waals surface area contributed by atoms with E-state index in [1.165, 1.54) is 32.2 Å². The summed E-state index contributed by atoms with van der Waals surface area (Å²) in [4.78, 5) is 8.25. The molecule has 0 aromatic rings.